The number of rotatable bonds is 6. The van der Waals surface area contributed by atoms with Gasteiger partial charge in [-0.15, -0.1) is 12.6 Å². The van der Waals surface area contributed by atoms with Crippen LogP contribution in [0.4, 0.5) is 4.39 Å². The van der Waals surface area contributed by atoms with Crippen molar-refractivity contribution in [1.29, 1.82) is 0 Å². The van der Waals surface area contributed by atoms with Gasteiger partial charge in [0.25, 0.3) is 0 Å². The number of hydrogen-bond donors (Lipinski definition) is 2. The SMILES string of the molecule is CC(Cc1ccc(Cl)cc1F)CC(O)(Cn1ncnc1S)C(C)(C)C. The molecule has 1 heterocycles. The maximum Gasteiger partial charge on any atom is 0.183 e. The summed E-state index contributed by atoms with van der Waals surface area (Å²) in [4.78, 5) is 3.99. The summed E-state index contributed by atoms with van der Waals surface area (Å²) in [5.41, 5.74) is -0.837. The quantitative estimate of drug-likeness (QED) is 0.724. The van der Waals surface area contributed by atoms with Gasteiger partial charge in [0.15, 0.2) is 5.16 Å². The molecule has 138 valence electrons. The van der Waals surface area contributed by atoms with Gasteiger partial charge in [0.05, 0.1) is 12.1 Å². The summed E-state index contributed by atoms with van der Waals surface area (Å²) in [6, 6.07) is 4.71. The molecule has 0 aliphatic carbocycles. The van der Waals surface area contributed by atoms with E-state index in [4.69, 9.17) is 11.6 Å². The molecule has 0 aliphatic heterocycles. The number of hydrogen-bond acceptors (Lipinski definition) is 4. The molecule has 0 radical (unpaired) electrons. The van der Waals surface area contributed by atoms with E-state index in [1.807, 2.05) is 27.7 Å². The van der Waals surface area contributed by atoms with Crippen LogP contribution in [0.15, 0.2) is 29.7 Å². The fourth-order valence-corrected chi connectivity index (χ4v) is 3.27. The molecule has 4 nitrogen and oxygen atoms in total. The van der Waals surface area contributed by atoms with Gasteiger partial charge in [0, 0.05) is 5.02 Å². The van der Waals surface area contributed by atoms with E-state index in [1.165, 1.54) is 12.4 Å². The summed E-state index contributed by atoms with van der Waals surface area (Å²) in [5.74, 6) is -0.251. The van der Waals surface area contributed by atoms with Crippen LogP contribution < -0.4 is 0 Å². The second kappa shape index (κ2) is 7.64. The molecule has 0 aliphatic rings. The number of halogens is 2. The van der Waals surface area contributed by atoms with E-state index in [1.54, 1.807) is 16.8 Å². The fraction of sp³-hybridized carbons (Fsp3) is 0.556. The smallest absolute Gasteiger partial charge is 0.183 e. The maximum atomic E-state index is 14.1. The van der Waals surface area contributed by atoms with Crippen molar-refractivity contribution in [2.75, 3.05) is 0 Å². The summed E-state index contributed by atoms with van der Waals surface area (Å²) in [7, 11) is 0. The summed E-state index contributed by atoms with van der Waals surface area (Å²) in [6.07, 6.45) is 2.43. The van der Waals surface area contributed by atoms with Gasteiger partial charge in [-0.1, -0.05) is 45.4 Å². The Morgan fingerprint density at radius 1 is 1.36 bits per heavy atom. The molecule has 2 aromatic rings. The minimum absolute atomic E-state index is 0.0618. The van der Waals surface area contributed by atoms with Gasteiger partial charge < -0.3 is 5.11 Å². The van der Waals surface area contributed by atoms with Gasteiger partial charge in [-0.2, -0.15) is 5.10 Å². The summed E-state index contributed by atoms with van der Waals surface area (Å²) >= 11 is 10.1. The number of benzene rings is 1. The number of aliphatic hydroxyl groups is 1. The molecule has 1 aromatic carbocycles. The van der Waals surface area contributed by atoms with E-state index < -0.39 is 11.0 Å². The van der Waals surface area contributed by atoms with E-state index in [0.29, 0.717) is 28.6 Å². The monoisotopic (exact) mass is 385 g/mol. The Balaban J connectivity index is 2.17. The van der Waals surface area contributed by atoms with Crippen LogP contribution >= 0.6 is 24.2 Å². The normalized spacial score (nSPS) is 15.8. The Labute approximate surface area is 158 Å². The Hall–Kier alpha value is -1.11. The first-order valence-corrected chi connectivity index (χ1v) is 9.07. The Morgan fingerprint density at radius 2 is 2.04 bits per heavy atom. The Bertz CT molecular complexity index is 731. The molecule has 0 saturated carbocycles. The maximum absolute atomic E-state index is 14.1. The second-order valence-corrected chi connectivity index (χ2v) is 8.58. The first-order chi connectivity index (χ1) is 11.5. The molecule has 25 heavy (non-hydrogen) atoms. The lowest BCUT2D eigenvalue weighted by atomic mass is 9.71. The molecule has 0 bridgehead atoms. The summed E-state index contributed by atoms with van der Waals surface area (Å²) < 4.78 is 15.6. The Morgan fingerprint density at radius 3 is 2.56 bits per heavy atom. The minimum Gasteiger partial charge on any atom is -0.387 e. The minimum atomic E-state index is -1.04. The third kappa shape index (κ3) is 4.96. The van der Waals surface area contributed by atoms with Crippen LogP contribution in [-0.4, -0.2) is 25.5 Å². The zero-order chi connectivity index (χ0) is 18.8. The lowest BCUT2D eigenvalue weighted by Gasteiger charge is -2.42. The van der Waals surface area contributed by atoms with E-state index >= 15 is 0 Å². The lowest BCUT2D eigenvalue weighted by Crippen LogP contribution is -2.48. The van der Waals surface area contributed by atoms with Crippen molar-refractivity contribution in [2.45, 2.75) is 57.8 Å². The molecule has 2 atom stereocenters. The second-order valence-electron chi connectivity index (χ2n) is 7.75. The van der Waals surface area contributed by atoms with Crippen molar-refractivity contribution in [3.63, 3.8) is 0 Å². The molecular formula is C18H25ClFN3OS. The third-order valence-electron chi connectivity index (χ3n) is 4.67. The third-order valence-corrected chi connectivity index (χ3v) is 5.25. The average Bonchev–Trinajstić information content (AvgIpc) is 2.86. The van der Waals surface area contributed by atoms with Crippen molar-refractivity contribution >= 4 is 24.2 Å². The predicted molar refractivity (Wildman–Crippen MR) is 101 cm³/mol. The van der Waals surface area contributed by atoms with E-state index in [0.717, 1.165) is 0 Å². The molecule has 0 spiro atoms. The number of thiol groups is 1. The fourth-order valence-electron chi connectivity index (χ4n) is 2.94. The van der Waals surface area contributed by atoms with Crippen LogP contribution in [0.5, 0.6) is 0 Å². The average molecular weight is 386 g/mol. The van der Waals surface area contributed by atoms with Gasteiger partial charge in [-0.3, -0.25) is 0 Å². The molecule has 0 saturated heterocycles. The van der Waals surface area contributed by atoms with Crippen LogP contribution in [0.2, 0.25) is 5.02 Å². The summed E-state index contributed by atoms with van der Waals surface area (Å²) in [5, 5.41) is 16.3. The van der Waals surface area contributed by atoms with Crippen molar-refractivity contribution in [2.24, 2.45) is 11.3 Å². The lowest BCUT2D eigenvalue weighted by molar-refractivity contribution is -0.0906. The van der Waals surface area contributed by atoms with Gasteiger partial charge in [0.2, 0.25) is 0 Å². The topological polar surface area (TPSA) is 50.9 Å². The summed E-state index contributed by atoms with van der Waals surface area (Å²) in [6.45, 7) is 8.24. The molecule has 0 amide bonds. The van der Waals surface area contributed by atoms with Crippen molar-refractivity contribution < 1.29 is 9.50 Å². The van der Waals surface area contributed by atoms with Gasteiger partial charge in [0.1, 0.15) is 12.1 Å². The van der Waals surface area contributed by atoms with E-state index in [-0.39, 0.29) is 18.3 Å². The highest BCUT2D eigenvalue weighted by Gasteiger charge is 2.42. The van der Waals surface area contributed by atoms with Crippen molar-refractivity contribution in [3.05, 3.63) is 40.9 Å². The highest BCUT2D eigenvalue weighted by atomic mass is 35.5. The van der Waals surface area contributed by atoms with Crippen LogP contribution in [0, 0.1) is 17.2 Å². The van der Waals surface area contributed by atoms with Crippen molar-refractivity contribution in [1.82, 2.24) is 14.8 Å². The zero-order valence-corrected chi connectivity index (χ0v) is 16.7. The number of nitrogens with zero attached hydrogens (tertiary/aromatic N) is 3. The van der Waals surface area contributed by atoms with Gasteiger partial charge >= 0.3 is 0 Å². The van der Waals surface area contributed by atoms with Crippen LogP contribution in [0.25, 0.3) is 0 Å². The molecule has 2 rings (SSSR count). The van der Waals surface area contributed by atoms with Crippen LogP contribution in [0.3, 0.4) is 0 Å². The molecule has 7 heteroatoms. The predicted octanol–water partition coefficient (Wildman–Crippen LogP) is 4.41. The van der Waals surface area contributed by atoms with Crippen LogP contribution in [0.1, 0.15) is 39.7 Å². The molecule has 1 aromatic heterocycles. The first kappa shape index (κ1) is 20.2. The van der Waals surface area contributed by atoms with E-state index in [2.05, 4.69) is 22.7 Å². The molecule has 1 N–H and O–H groups in total. The first-order valence-electron chi connectivity index (χ1n) is 8.25. The van der Waals surface area contributed by atoms with Gasteiger partial charge in [-0.25, -0.2) is 14.1 Å². The highest BCUT2D eigenvalue weighted by Crippen LogP contribution is 2.38. The zero-order valence-electron chi connectivity index (χ0n) is 15.0. The van der Waals surface area contributed by atoms with Gasteiger partial charge in [-0.05, 0) is 41.9 Å². The molecule has 2 unspecified atom stereocenters. The van der Waals surface area contributed by atoms with Crippen LogP contribution in [-0.2, 0) is 13.0 Å². The van der Waals surface area contributed by atoms with Crippen molar-refractivity contribution in [3.8, 4) is 0 Å². The number of aromatic nitrogens is 3. The molecular weight excluding hydrogens is 361 g/mol. The Kier molecular flexibility index (Phi) is 6.17. The largest absolute Gasteiger partial charge is 0.387 e. The molecule has 0 fully saturated rings. The highest BCUT2D eigenvalue weighted by molar-refractivity contribution is 7.80. The standard InChI is InChI=1S/C18H25ClFN3OS/c1-12(7-13-5-6-14(19)8-15(13)20)9-18(24,17(2,3)4)10-23-16(25)21-11-22-23/h5-6,8,11-12,24H,7,9-10H2,1-4H3,(H,21,22,25). The van der Waals surface area contributed by atoms with E-state index in [9.17, 15) is 9.50 Å².